The Kier molecular flexibility index (Phi) is 4.69. The summed E-state index contributed by atoms with van der Waals surface area (Å²) < 4.78 is 5.25. The Morgan fingerprint density at radius 1 is 1.00 bits per heavy atom. The van der Waals surface area contributed by atoms with Crippen molar-refractivity contribution in [3.8, 4) is 5.75 Å². The van der Waals surface area contributed by atoms with Crippen molar-refractivity contribution >= 4 is 29.1 Å². The lowest BCUT2D eigenvalue weighted by Crippen LogP contribution is -2.31. The van der Waals surface area contributed by atoms with Gasteiger partial charge >= 0.3 is 0 Å². The number of fused-ring (bicyclic) bond motifs is 1. The van der Waals surface area contributed by atoms with Crippen LogP contribution in [0.3, 0.4) is 0 Å². The van der Waals surface area contributed by atoms with Crippen LogP contribution in [0.25, 0.3) is 0 Å². The van der Waals surface area contributed by atoms with E-state index in [0.29, 0.717) is 35.5 Å². The molecule has 1 aliphatic heterocycles. The quantitative estimate of drug-likeness (QED) is 0.655. The van der Waals surface area contributed by atoms with Crippen LogP contribution in [0.15, 0.2) is 60.7 Å². The number of nitrogens with zero attached hydrogens (tertiary/aromatic N) is 1. The van der Waals surface area contributed by atoms with Crippen molar-refractivity contribution in [1.29, 1.82) is 0 Å². The van der Waals surface area contributed by atoms with Crippen molar-refractivity contribution in [3.63, 3.8) is 0 Å². The molecule has 28 heavy (non-hydrogen) atoms. The van der Waals surface area contributed by atoms with Gasteiger partial charge in [0.1, 0.15) is 5.75 Å². The van der Waals surface area contributed by atoms with Gasteiger partial charge in [-0.1, -0.05) is 30.4 Å². The Bertz CT molecular complexity index is 956. The zero-order valence-corrected chi connectivity index (χ0v) is 15.4. The molecule has 3 amide bonds. The average Bonchev–Trinajstić information content (AvgIpc) is 2.99. The van der Waals surface area contributed by atoms with Gasteiger partial charge in [0.15, 0.2) is 0 Å². The summed E-state index contributed by atoms with van der Waals surface area (Å²) in [6.45, 7) is 0. The topological polar surface area (TPSA) is 75.7 Å². The van der Waals surface area contributed by atoms with Gasteiger partial charge in [0.25, 0.3) is 5.91 Å². The van der Waals surface area contributed by atoms with E-state index in [9.17, 15) is 14.4 Å². The summed E-state index contributed by atoms with van der Waals surface area (Å²) in [5.41, 5.74) is 1.33. The third kappa shape index (κ3) is 3.07. The molecule has 6 nitrogen and oxygen atoms in total. The normalized spacial score (nSPS) is 20.8. The maximum Gasteiger partial charge on any atom is 0.255 e. The SMILES string of the molecule is COc1ccccc1NC(=O)c1cccc(N2C(=O)[C@H]3CC=CC[C@@H]3C2=O)c1. The fourth-order valence-electron chi connectivity index (χ4n) is 3.78. The predicted molar refractivity (Wildman–Crippen MR) is 105 cm³/mol. The van der Waals surface area contributed by atoms with E-state index in [2.05, 4.69) is 5.32 Å². The zero-order valence-electron chi connectivity index (χ0n) is 15.4. The summed E-state index contributed by atoms with van der Waals surface area (Å²) >= 11 is 0. The number of methoxy groups -OCH3 is 1. The van der Waals surface area contributed by atoms with Gasteiger partial charge in [0.2, 0.25) is 11.8 Å². The van der Waals surface area contributed by atoms with Crippen molar-refractivity contribution in [2.45, 2.75) is 12.8 Å². The van der Waals surface area contributed by atoms with Crippen molar-refractivity contribution in [2.75, 3.05) is 17.3 Å². The molecule has 0 saturated carbocycles. The lowest BCUT2D eigenvalue weighted by atomic mass is 9.85. The summed E-state index contributed by atoms with van der Waals surface area (Å²) in [5, 5.41) is 2.81. The molecule has 0 unspecified atom stereocenters. The standard InChI is InChI=1S/C22H20N2O4/c1-28-19-12-5-4-11-18(19)23-20(25)14-7-6-8-15(13-14)24-21(26)16-9-2-3-10-17(16)22(24)27/h2-8,11-13,16-17H,9-10H2,1H3,(H,23,25)/t16-,17-/m0/s1. The highest BCUT2D eigenvalue weighted by atomic mass is 16.5. The van der Waals surface area contributed by atoms with Gasteiger partial charge in [-0.05, 0) is 43.2 Å². The van der Waals surface area contributed by atoms with Crippen LogP contribution in [-0.2, 0) is 9.59 Å². The number of carbonyl (C=O) groups is 3. The lowest BCUT2D eigenvalue weighted by Gasteiger charge is -2.16. The lowest BCUT2D eigenvalue weighted by molar-refractivity contribution is -0.122. The monoisotopic (exact) mass is 376 g/mol. The van der Waals surface area contributed by atoms with Crippen LogP contribution in [0.1, 0.15) is 23.2 Å². The van der Waals surface area contributed by atoms with E-state index in [1.165, 1.54) is 12.0 Å². The molecule has 1 aliphatic carbocycles. The summed E-state index contributed by atoms with van der Waals surface area (Å²) in [5.74, 6) is -0.784. The summed E-state index contributed by atoms with van der Waals surface area (Å²) in [4.78, 5) is 39.4. The number of carbonyl (C=O) groups excluding carboxylic acids is 3. The number of ether oxygens (including phenoxy) is 1. The van der Waals surface area contributed by atoms with Crippen molar-refractivity contribution < 1.29 is 19.1 Å². The van der Waals surface area contributed by atoms with Crippen LogP contribution in [0.5, 0.6) is 5.75 Å². The first-order chi connectivity index (χ1) is 13.6. The number of amides is 3. The van der Waals surface area contributed by atoms with E-state index in [0.717, 1.165) is 0 Å². The molecule has 1 heterocycles. The Balaban J connectivity index is 1.59. The van der Waals surface area contributed by atoms with Crippen molar-refractivity contribution in [3.05, 3.63) is 66.2 Å². The molecule has 2 aromatic rings. The third-order valence-corrected chi connectivity index (χ3v) is 5.23. The van der Waals surface area contributed by atoms with Gasteiger partial charge in [-0.25, -0.2) is 0 Å². The smallest absolute Gasteiger partial charge is 0.255 e. The molecule has 0 bridgehead atoms. The second-order valence-corrected chi connectivity index (χ2v) is 6.87. The molecule has 2 aliphatic rings. The number of rotatable bonds is 4. The number of para-hydroxylation sites is 2. The zero-order chi connectivity index (χ0) is 19.7. The van der Waals surface area contributed by atoms with Crippen LogP contribution in [0.4, 0.5) is 11.4 Å². The molecule has 1 saturated heterocycles. The fraction of sp³-hybridized carbons (Fsp3) is 0.227. The number of hydrogen-bond acceptors (Lipinski definition) is 4. The number of imide groups is 1. The van der Waals surface area contributed by atoms with E-state index in [-0.39, 0.29) is 29.6 Å². The minimum atomic E-state index is -0.343. The second-order valence-electron chi connectivity index (χ2n) is 6.87. The highest BCUT2D eigenvalue weighted by Crippen LogP contribution is 2.37. The van der Waals surface area contributed by atoms with E-state index in [4.69, 9.17) is 4.74 Å². The molecular formula is C22H20N2O4. The first kappa shape index (κ1) is 18.0. The summed E-state index contributed by atoms with van der Waals surface area (Å²) in [6.07, 6.45) is 5.07. The molecule has 0 radical (unpaired) electrons. The molecule has 1 N–H and O–H groups in total. The van der Waals surface area contributed by atoms with Crippen molar-refractivity contribution in [1.82, 2.24) is 0 Å². The van der Waals surface area contributed by atoms with Crippen LogP contribution >= 0.6 is 0 Å². The van der Waals surface area contributed by atoms with Crippen LogP contribution in [0.2, 0.25) is 0 Å². The molecule has 0 spiro atoms. The average molecular weight is 376 g/mol. The maximum absolute atomic E-state index is 12.8. The van der Waals surface area contributed by atoms with E-state index in [1.54, 1.807) is 42.5 Å². The number of nitrogens with one attached hydrogen (secondary N) is 1. The van der Waals surface area contributed by atoms with Gasteiger partial charge in [0.05, 0.1) is 30.3 Å². The molecule has 6 heteroatoms. The minimum absolute atomic E-state index is 0.193. The Labute approximate surface area is 162 Å². The highest BCUT2D eigenvalue weighted by Gasteiger charge is 2.47. The fourth-order valence-corrected chi connectivity index (χ4v) is 3.78. The second kappa shape index (κ2) is 7.31. The number of anilines is 2. The van der Waals surface area contributed by atoms with E-state index >= 15 is 0 Å². The van der Waals surface area contributed by atoms with Crippen LogP contribution in [-0.4, -0.2) is 24.8 Å². The minimum Gasteiger partial charge on any atom is -0.495 e. The van der Waals surface area contributed by atoms with E-state index in [1.807, 2.05) is 18.2 Å². The maximum atomic E-state index is 12.8. The molecular weight excluding hydrogens is 356 g/mol. The number of hydrogen-bond donors (Lipinski definition) is 1. The molecule has 1 fully saturated rings. The van der Waals surface area contributed by atoms with Gasteiger partial charge in [-0.15, -0.1) is 0 Å². The Morgan fingerprint density at radius 2 is 1.68 bits per heavy atom. The molecule has 4 rings (SSSR count). The Hall–Kier alpha value is -3.41. The van der Waals surface area contributed by atoms with Gasteiger partial charge in [0, 0.05) is 5.56 Å². The first-order valence-corrected chi connectivity index (χ1v) is 9.17. The molecule has 2 atom stereocenters. The predicted octanol–water partition coefficient (Wildman–Crippen LogP) is 3.40. The largest absolute Gasteiger partial charge is 0.495 e. The highest BCUT2D eigenvalue weighted by molar-refractivity contribution is 6.22. The van der Waals surface area contributed by atoms with Gasteiger partial charge in [-0.2, -0.15) is 0 Å². The van der Waals surface area contributed by atoms with Gasteiger partial charge in [-0.3, -0.25) is 19.3 Å². The Morgan fingerprint density at radius 3 is 2.36 bits per heavy atom. The number of benzene rings is 2. The number of allylic oxidation sites excluding steroid dienone is 2. The van der Waals surface area contributed by atoms with Crippen LogP contribution < -0.4 is 15.0 Å². The summed E-state index contributed by atoms with van der Waals surface area (Å²) in [6, 6.07) is 13.7. The molecule has 0 aromatic heterocycles. The van der Waals surface area contributed by atoms with E-state index < -0.39 is 0 Å². The van der Waals surface area contributed by atoms with Gasteiger partial charge < -0.3 is 10.1 Å². The van der Waals surface area contributed by atoms with Crippen molar-refractivity contribution in [2.24, 2.45) is 11.8 Å². The molecule has 2 aromatic carbocycles. The first-order valence-electron chi connectivity index (χ1n) is 9.17. The third-order valence-electron chi connectivity index (χ3n) is 5.23. The van der Waals surface area contributed by atoms with Crippen LogP contribution in [0, 0.1) is 11.8 Å². The summed E-state index contributed by atoms with van der Waals surface area (Å²) in [7, 11) is 1.53. The molecule has 142 valence electrons.